The van der Waals surface area contributed by atoms with Crippen LogP contribution in [0.5, 0.6) is 0 Å². The van der Waals surface area contributed by atoms with Gasteiger partial charge in [-0.15, -0.1) is 0 Å². The van der Waals surface area contributed by atoms with Crippen LogP contribution in [0.25, 0.3) is 11.3 Å². The van der Waals surface area contributed by atoms with Gasteiger partial charge >= 0.3 is 0 Å². The number of aromatic nitrogens is 3. The second-order valence-electron chi connectivity index (χ2n) is 5.91. The molecule has 3 aromatic rings. The molecule has 0 aliphatic carbocycles. The Morgan fingerprint density at radius 2 is 1.93 bits per heavy atom. The van der Waals surface area contributed by atoms with Crippen LogP contribution in [0.15, 0.2) is 36.5 Å². The second-order valence-corrected chi connectivity index (χ2v) is 5.91. The van der Waals surface area contributed by atoms with E-state index < -0.39 is 5.82 Å². The molecule has 2 heterocycles. The minimum Gasteiger partial charge on any atom is -0.370 e. The summed E-state index contributed by atoms with van der Waals surface area (Å²) >= 11 is 0. The highest BCUT2D eigenvalue weighted by molar-refractivity contribution is 5.71. The summed E-state index contributed by atoms with van der Waals surface area (Å²) in [6.45, 7) is 4.49. The quantitative estimate of drug-likeness (QED) is 0.685. The van der Waals surface area contributed by atoms with E-state index in [0.29, 0.717) is 22.4 Å². The molecule has 0 saturated heterocycles. The minimum atomic E-state index is -0.517. The van der Waals surface area contributed by atoms with E-state index in [-0.39, 0.29) is 17.2 Å². The molecule has 0 radical (unpaired) electrons. The topological polar surface area (TPSA) is 101 Å². The van der Waals surface area contributed by atoms with Crippen molar-refractivity contribution in [2.24, 2.45) is 0 Å². The Labute approximate surface area is 162 Å². The maximum Gasteiger partial charge on any atom is 0.220 e. The number of nitrogens with two attached hydrogens (primary N) is 1. The monoisotopic (exact) mass is 372 g/mol. The number of hydrogen-bond donors (Lipinski definition) is 2. The summed E-state index contributed by atoms with van der Waals surface area (Å²) in [4.78, 5) is 12.6. The molecule has 0 spiro atoms. The van der Waals surface area contributed by atoms with Gasteiger partial charge in [0.15, 0.2) is 0 Å². The molecule has 3 N–H and O–H groups in total. The predicted molar refractivity (Wildman–Crippen MR) is 106 cm³/mol. The highest BCUT2D eigenvalue weighted by Gasteiger charge is 2.15. The van der Waals surface area contributed by atoms with Gasteiger partial charge in [-0.3, -0.25) is 0 Å². The van der Waals surface area contributed by atoms with E-state index in [1.165, 1.54) is 18.2 Å². The molecule has 138 valence electrons. The van der Waals surface area contributed by atoms with Crippen LogP contribution >= 0.6 is 0 Å². The average molecular weight is 372 g/mol. The Morgan fingerprint density at radius 3 is 2.61 bits per heavy atom. The van der Waals surface area contributed by atoms with Crippen LogP contribution in [0.4, 0.5) is 16.2 Å². The number of anilines is 2. The summed E-state index contributed by atoms with van der Waals surface area (Å²) in [5.41, 5.74) is 8.14. The molecule has 28 heavy (non-hydrogen) atoms. The zero-order chi connectivity index (χ0) is 20.1. The van der Waals surface area contributed by atoms with Gasteiger partial charge in [0.25, 0.3) is 0 Å². The summed E-state index contributed by atoms with van der Waals surface area (Å²) in [5, 5.41) is 12.2. The zero-order valence-electron chi connectivity index (χ0n) is 15.4. The molecule has 2 aromatic heterocycles. The van der Waals surface area contributed by atoms with Crippen LogP contribution in [0, 0.1) is 35.9 Å². The fourth-order valence-corrected chi connectivity index (χ4v) is 2.60. The predicted octanol–water partition coefficient (Wildman–Crippen LogP) is 3.27. The van der Waals surface area contributed by atoms with Gasteiger partial charge in [-0.25, -0.2) is 19.3 Å². The summed E-state index contributed by atoms with van der Waals surface area (Å²) in [7, 11) is 0. The van der Waals surface area contributed by atoms with Crippen LogP contribution in [-0.2, 0) is 0 Å². The van der Waals surface area contributed by atoms with Crippen molar-refractivity contribution in [2.45, 2.75) is 13.8 Å². The lowest BCUT2D eigenvalue weighted by Gasteiger charge is -2.09. The van der Waals surface area contributed by atoms with Gasteiger partial charge in [-0.1, -0.05) is 11.8 Å². The first kappa shape index (κ1) is 18.8. The zero-order valence-corrected chi connectivity index (χ0v) is 15.4. The third kappa shape index (κ3) is 4.05. The van der Waals surface area contributed by atoms with Crippen LogP contribution < -0.4 is 11.1 Å². The summed E-state index contributed by atoms with van der Waals surface area (Å²) in [6, 6.07) is 9.71. The van der Waals surface area contributed by atoms with Crippen LogP contribution in [-0.4, -0.2) is 21.5 Å². The van der Waals surface area contributed by atoms with E-state index in [4.69, 9.17) is 11.0 Å². The molecule has 0 fully saturated rings. The highest BCUT2D eigenvalue weighted by Crippen LogP contribution is 2.27. The Bertz CT molecular complexity index is 1120. The van der Waals surface area contributed by atoms with Crippen LogP contribution in [0.2, 0.25) is 0 Å². The lowest BCUT2D eigenvalue weighted by molar-refractivity contribution is 0.630. The van der Waals surface area contributed by atoms with E-state index in [0.717, 1.165) is 12.4 Å². The number of rotatable bonds is 3. The SMILES string of the molecule is CCNc1ccc(C#Cc2c(C)nc(N)nc2-c2cc(C#N)ccc2F)cn1. The standard InChI is InChI=1S/C21H17FN6/c1-3-25-19-9-6-14(12-26-19)4-7-16-13(2)27-21(24)28-20(16)17-10-15(11-23)5-8-18(17)22/h5-6,8-10,12H,3H2,1-2H3,(H,25,26)(H2,24,27,28). The molecule has 0 aliphatic heterocycles. The lowest BCUT2D eigenvalue weighted by Crippen LogP contribution is -2.04. The number of nitrogen functional groups attached to an aromatic ring is 1. The number of nitriles is 1. The van der Waals surface area contributed by atoms with Crippen LogP contribution in [0.3, 0.4) is 0 Å². The fourth-order valence-electron chi connectivity index (χ4n) is 2.60. The number of benzene rings is 1. The van der Waals surface area contributed by atoms with Crippen molar-refractivity contribution in [2.75, 3.05) is 17.6 Å². The van der Waals surface area contributed by atoms with Crippen molar-refractivity contribution >= 4 is 11.8 Å². The van der Waals surface area contributed by atoms with Gasteiger partial charge in [-0.05, 0) is 44.2 Å². The Kier molecular flexibility index (Phi) is 5.48. The molecule has 1 aromatic carbocycles. The number of pyridine rings is 1. The maximum absolute atomic E-state index is 14.4. The number of hydrogen-bond acceptors (Lipinski definition) is 6. The molecular weight excluding hydrogens is 355 g/mol. The Balaban J connectivity index is 2.10. The number of nitrogens with zero attached hydrogens (tertiary/aromatic N) is 4. The first-order valence-electron chi connectivity index (χ1n) is 8.58. The Morgan fingerprint density at radius 1 is 1.14 bits per heavy atom. The van der Waals surface area contributed by atoms with Crippen molar-refractivity contribution in [3.8, 4) is 29.2 Å². The van der Waals surface area contributed by atoms with E-state index in [1.807, 2.05) is 25.1 Å². The van der Waals surface area contributed by atoms with Crippen molar-refractivity contribution < 1.29 is 4.39 Å². The summed E-state index contributed by atoms with van der Waals surface area (Å²) in [6.07, 6.45) is 1.65. The van der Waals surface area contributed by atoms with E-state index in [1.54, 1.807) is 13.1 Å². The van der Waals surface area contributed by atoms with Crippen molar-refractivity contribution in [1.82, 2.24) is 15.0 Å². The molecular formula is C21H17FN6. The molecule has 7 heteroatoms. The Hall–Kier alpha value is -3.97. The molecule has 0 unspecified atom stereocenters. The average Bonchev–Trinajstić information content (AvgIpc) is 2.68. The van der Waals surface area contributed by atoms with E-state index in [9.17, 15) is 4.39 Å². The highest BCUT2D eigenvalue weighted by atomic mass is 19.1. The minimum absolute atomic E-state index is 0.0106. The van der Waals surface area contributed by atoms with Crippen LogP contribution in [0.1, 0.15) is 29.3 Å². The normalized spacial score (nSPS) is 9.93. The van der Waals surface area contributed by atoms with Gasteiger partial charge in [0, 0.05) is 23.9 Å². The van der Waals surface area contributed by atoms with Gasteiger partial charge in [0.1, 0.15) is 11.6 Å². The third-order valence-electron chi connectivity index (χ3n) is 3.91. The summed E-state index contributed by atoms with van der Waals surface area (Å²) < 4.78 is 14.4. The van der Waals surface area contributed by atoms with Crippen molar-refractivity contribution in [3.05, 3.63) is 64.7 Å². The van der Waals surface area contributed by atoms with E-state index in [2.05, 4.69) is 32.1 Å². The number of nitrogens with one attached hydrogen (secondary N) is 1. The number of halogens is 1. The van der Waals surface area contributed by atoms with Crippen molar-refractivity contribution in [3.63, 3.8) is 0 Å². The summed E-state index contributed by atoms with van der Waals surface area (Å²) in [5.74, 6) is 6.25. The van der Waals surface area contributed by atoms with Gasteiger partial charge in [-0.2, -0.15) is 5.26 Å². The molecule has 3 rings (SSSR count). The molecule has 0 bridgehead atoms. The second kappa shape index (κ2) is 8.15. The first-order valence-corrected chi connectivity index (χ1v) is 8.58. The first-order chi connectivity index (χ1) is 13.5. The van der Waals surface area contributed by atoms with E-state index >= 15 is 0 Å². The fraction of sp³-hybridized carbons (Fsp3) is 0.143. The molecule has 0 amide bonds. The molecule has 0 atom stereocenters. The lowest BCUT2D eigenvalue weighted by atomic mass is 10.0. The largest absolute Gasteiger partial charge is 0.370 e. The van der Waals surface area contributed by atoms with Gasteiger partial charge in [0.05, 0.1) is 28.6 Å². The van der Waals surface area contributed by atoms with Gasteiger partial charge < -0.3 is 11.1 Å². The molecule has 6 nitrogen and oxygen atoms in total. The maximum atomic E-state index is 14.4. The van der Waals surface area contributed by atoms with Gasteiger partial charge in [0.2, 0.25) is 5.95 Å². The smallest absolute Gasteiger partial charge is 0.220 e. The van der Waals surface area contributed by atoms with Crippen molar-refractivity contribution in [1.29, 1.82) is 5.26 Å². The number of aryl methyl sites for hydroxylation is 1. The molecule has 0 saturated carbocycles. The molecule has 0 aliphatic rings. The third-order valence-corrected chi connectivity index (χ3v) is 3.91.